The van der Waals surface area contributed by atoms with Gasteiger partial charge in [-0.25, -0.2) is 4.98 Å². The molecule has 0 atom stereocenters. The summed E-state index contributed by atoms with van der Waals surface area (Å²) in [6, 6.07) is 9.22. The van der Waals surface area contributed by atoms with E-state index in [1.54, 1.807) is 0 Å². The zero-order valence-corrected chi connectivity index (χ0v) is 16.1. The number of aromatic amines is 1. The Hall–Kier alpha value is -1.88. The van der Waals surface area contributed by atoms with Crippen molar-refractivity contribution in [3.05, 3.63) is 57.5 Å². The number of nitrogens with zero attached hydrogens (tertiary/aromatic N) is 1. The lowest BCUT2D eigenvalue weighted by atomic mass is 9.85. The molecule has 0 spiro atoms. The van der Waals surface area contributed by atoms with E-state index in [2.05, 4.69) is 9.97 Å². The molecule has 1 heterocycles. The maximum atomic E-state index is 12.2. The Morgan fingerprint density at radius 2 is 1.92 bits per heavy atom. The molecule has 0 aliphatic heterocycles. The van der Waals surface area contributed by atoms with E-state index < -0.39 is 0 Å². The number of carbonyl (C=O) groups excluding carboxylic acids is 1. The predicted molar refractivity (Wildman–Crippen MR) is 106 cm³/mol. The Labute approximate surface area is 158 Å². The molecule has 5 heteroatoms. The molecular formula is C21H26N2O2S. The van der Waals surface area contributed by atoms with Crippen LogP contribution < -0.4 is 5.56 Å². The fourth-order valence-corrected chi connectivity index (χ4v) is 4.30. The SMILES string of the molecule is Cc1c(CCC2CCCCC2)nc(SCC(=O)c2ccccc2)[nH]c1=O. The summed E-state index contributed by atoms with van der Waals surface area (Å²) in [4.78, 5) is 31.9. The third-order valence-electron chi connectivity index (χ3n) is 5.18. The average molecular weight is 371 g/mol. The van der Waals surface area contributed by atoms with Crippen LogP contribution in [0.3, 0.4) is 0 Å². The molecule has 138 valence electrons. The Kier molecular flexibility index (Phi) is 6.67. The number of thioether (sulfide) groups is 1. The molecule has 0 amide bonds. The van der Waals surface area contributed by atoms with Gasteiger partial charge in [0.25, 0.3) is 5.56 Å². The van der Waals surface area contributed by atoms with Gasteiger partial charge in [-0.2, -0.15) is 0 Å². The van der Waals surface area contributed by atoms with Gasteiger partial charge in [0.15, 0.2) is 10.9 Å². The summed E-state index contributed by atoms with van der Waals surface area (Å²) in [6.07, 6.45) is 8.56. The fraction of sp³-hybridized carbons (Fsp3) is 0.476. The van der Waals surface area contributed by atoms with Gasteiger partial charge in [0, 0.05) is 11.1 Å². The summed E-state index contributed by atoms with van der Waals surface area (Å²) >= 11 is 1.31. The van der Waals surface area contributed by atoms with E-state index in [4.69, 9.17) is 0 Å². The first kappa shape index (κ1) is 18.9. The molecule has 1 saturated carbocycles. The lowest BCUT2D eigenvalue weighted by Crippen LogP contribution is -2.17. The van der Waals surface area contributed by atoms with Crippen molar-refractivity contribution in [2.24, 2.45) is 5.92 Å². The standard InChI is InChI=1S/C21H26N2O2S/c1-15-18(13-12-16-8-4-2-5-9-16)22-21(23-20(15)25)26-14-19(24)17-10-6-3-7-11-17/h3,6-7,10-11,16H,2,4-5,8-9,12-14H2,1H3,(H,22,23,25). The zero-order valence-electron chi connectivity index (χ0n) is 15.3. The van der Waals surface area contributed by atoms with Gasteiger partial charge in [0.05, 0.1) is 11.4 Å². The van der Waals surface area contributed by atoms with Crippen LogP contribution >= 0.6 is 11.8 Å². The third-order valence-corrected chi connectivity index (χ3v) is 6.05. The molecule has 1 aliphatic carbocycles. The van der Waals surface area contributed by atoms with Crippen molar-refractivity contribution in [3.8, 4) is 0 Å². The first-order valence-corrected chi connectivity index (χ1v) is 10.4. The maximum absolute atomic E-state index is 12.2. The summed E-state index contributed by atoms with van der Waals surface area (Å²) in [6.45, 7) is 1.84. The van der Waals surface area contributed by atoms with Crippen LogP contribution in [0.25, 0.3) is 0 Å². The maximum Gasteiger partial charge on any atom is 0.254 e. The number of nitrogens with one attached hydrogen (secondary N) is 1. The number of carbonyl (C=O) groups is 1. The van der Waals surface area contributed by atoms with Gasteiger partial charge in [-0.3, -0.25) is 9.59 Å². The minimum Gasteiger partial charge on any atom is -0.301 e. The molecule has 0 unspecified atom stereocenters. The van der Waals surface area contributed by atoms with Crippen LogP contribution in [0.4, 0.5) is 0 Å². The highest BCUT2D eigenvalue weighted by molar-refractivity contribution is 7.99. The number of hydrogen-bond acceptors (Lipinski definition) is 4. The van der Waals surface area contributed by atoms with E-state index in [0.717, 1.165) is 24.5 Å². The second-order valence-corrected chi connectivity index (χ2v) is 8.03. The Morgan fingerprint density at radius 1 is 1.19 bits per heavy atom. The molecule has 2 aromatic rings. The predicted octanol–water partition coefficient (Wildman–Crippen LogP) is 4.57. The van der Waals surface area contributed by atoms with E-state index in [9.17, 15) is 9.59 Å². The highest BCUT2D eigenvalue weighted by Crippen LogP contribution is 2.27. The van der Waals surface area contributed by atoms with Crippen molar-refractivity contribution in [1.82, 2.24) is 9.97 Å². The number of ketones is 1. The fourth-order valence-electron chi connectivity index (χ4n) is 3.53. The van der Waals surface area contributed by atoms with Crippen LogP contribution in [0, 0.1) is 12.8 Å². The molecule has 1 aliphatic rings. The number of H-pyrrole nitrogens is 1. The zero-order chi connectivity index (χ0) is 18.4. The number of Topliss-reactive ketones (excluding diaryl/α,β-unsaturated/α-hetero) is 1. The van der Waals surface area contributed by atoms with Crippen molar-refractivity contribution >= 4 is 17.5 Å². The van der Waals surface area contributed by atoms with Crippen molar-refractivity contribution in [3.63, 3.8) is 0 Å². The van der Waals surface area contributed by atoms with Crippen LogP contribution in [-0.4, -0.2) is 21.5 Å². The lowest BCUT2D eigenvalue weighted by molar-refractivity contribution is 0.102. The van der Waals surface area contributed by atoms with E-state index in [1.165, 1.54) is 43.9 Å². The molecule has 3 rings (SSSR count). The van der Waals surface area contributed by atoms with Crippen LogP contribution in [-0.2, 0) is 6.42 Å². The smallest absolute Gasteiger partial charge is 0.254 e. The second kappa shape index (κ2) is 9.17. The highest BCUT2D eigenvalue weighted by Gasteiger charge is 2.16. The number of rotatable bonds is 7. The quantitative estimate of drug-likeness (QED) is 0.441. The Bertz CT molecular complexity index is 795. The molecule has 0 bridgehead atoms. The Morgan fingerprint density at radius 3 is 2.65 bits per heavy atom. The molecule has 0 saturated heterocycles. The summed E-state index contributed by atoms with van der Waals surface area (Å²) in [5.41, 5.74) is 2.19. The first-order valence-electron chi connectivity index (χ1n) is 9.44. The molecule has 1 aromatic carbocycles. The largest absolute Gasteiger partial charge is 0.301 e. The summed E-state index contributed by atoms with van der Waals surface area (Å²) in [5.74, 6) is 1.08. The van der Waals surface area contributed by atoms with Gasteiger partial charge in [0.1, 0.15) is 0 Å². The van der Waals surface area contributed by atoms with Crippen LogP contribution in [0.5, 0.6) is 0 Å². The van der Waals surface area contributed by atoms with E-state index in [-0.39, 0.29) is 17.1 Å². The van der Waals surface area contributed by atoms with E-state index in [1.807, 2.05) is 37.3 Å². The summed E-state index contributed by atoms with van der Waals surface area (Å²) in [5, 5.41) is 0.545. The van der Waals surface area contributed by atoms with Gasteiger partial charge in [0.2, 0.25) is 0 Å². The van der Waals surface area contributed by atoms with Crippen molar-refractivity contribution < 1.29 is 4.79 Å². The topological polar surface area (TPSA) is 62.8 Å². The normalized spacial score (nSPS) is 15.1. The third kappa shape index (κ3) is 5.07. The van der Waals surface area contributed by atoms with E-state index >= 15 is 0 Å². The van der Waals surface area contributed by atoms with Crippen molar-refractivity contribution in [1.29, 1.82) is 0 Å². The Balaban J connectivity index is 1.63. The molecule has 0 radical (unpaired) electrons. The minimum atomic E-state index is -0.0895. The highest BCUT2D eigenvalue weighted by atomic mass is 32.2. The van der Waals surface area contributed by atoms with Crippen LogP contribution in [0.15, 0.2) is 40.3 Å². The van der Waals surface area contributed by atoms with Crippen molar-refractivity contribution in [2.75, 3.05) is 5.75 Å². The number of benzene rings is 1. The molecule has 1 aromatic heterocycles. The number of hydrogen-bond donors (Lipinski definition) is 1. The molecular weight excluding hydrogens is 344 g/mol. The molecule has 1 fully saturated rings. The average Bonchev–Trinajstić information content (AvgIpc) is 2.69. The van der Waals surface area contributed by atoms with E-state index in [0.29, 0.717) is 16.3 Å². The first-order chi connectivity index (χ1) is 12.6. The lowest BCUT2D eigenvalue weighted by Gasteiger charge is -2.21. The molecule has 26 heavy (non-hydrogen) atoms. The summed E-state index contributed by atoms with van der Waals surface area (Å²) in [7, 11) is 0. The van der Waals surface area contributed by atoms with Gasteiger partial charge in [-0.1, -0.05) is 74.2 Å². The second-order valence-electron chi connectivity index (χ2n) is 7.06. The number of aromatic nitrogens is 2. The van der Waals surface area contributed by atoms with Gasteiger partial charge in [-0.05, 0) is 25.7 Å². The van der Waals surface area contributed by atoms with Crippen LogP contribution in [0.1, 0.15) is 60.1 Å². The minimum absolute atomic E-state index is 0.0441. The molecule has 1 N–H and O–H groups in total. The summed E-state index contributed by atoms with van der Waals surface area (Å²) < 4.78 is 0. The monoisotopic (exact) mass is 370 g/mol. The van der Waals surface area contributed by atoms with Gasteiger partial charge >= 0.3 is 0 Å². The van der Waals surface area contributed by atoms with Crippen LogP contribution in [0.2, 0.25) is 0 Å². The van der Waals surface area contributed by atoms with Gasteiger partial charge < -0.3 is 4.98 Å². The van der Waals surface area contributed by atoms with Crippen molar-refractivity contribution in [2.45, 2.75) is 57.0 Å². The molecule has 4 nitrogen and oxygen atoms in total. The number of aryl methyl sites for hydroxylation is 1. The van der Waals surface area contributed by atoms with Gasteiger partial charge in [-0.15, -0.1) is 0 Å².